The van der Waals surface area contributed by atoms with Crippen LogP contribution < -0.4 is 5.46 Å². The van der Waals surface area contributed by atoms with E-state index in [0.29, 0.717) is 0 Å². The van der Waals surface area contributed by atoms with Gasteiger partial charge in [0.25, 0.3) is 0 Å². The highest BCUT2D eigenvalue weighted by Crippen LogP contribution is 2.13. The fourth-order valence-electron chi connectivity index (χ4n) is 2.03. The van der Waals surface area contributed by atoms with E-state index in [-0.39, 0.29) is 6.71 Å². The van der Waals surface area contributed by atoms with Crippen molar-refractivity contribution in [3.63, 3.8) is 0 Å². The monoisotopic (exact) mass is 222 g/mol. The van der Waals surface area contributed by atoms with Crippen LogP contribution in [0.25, 0.3) is 0 Å². The first-order chi connectivity index (χ1) is 8.28. The number of benzene rings is 1. The zero-order valence-electron chi connectivity index (χ0n) is 10.7. The lowest BCUT2D eigenvalue weighted by molar-refractivity contribution is 1.62. The molecule has 1 aromatic carbocycles. The molecule has 0 aliphatic carbocycles. The Balaban J connectivity index is 3.30. The SMILES string of the molecule is C=C/C(=C\C)B(/C(C=C)=C/C)c1ccccc1. The molecule has 0 saturated heterocycles. The third-order valence-corrected chi connectivity index (χ3v) is 2.94. The van der Waals surface area contributed by atoms with Crippen molar-refractivity contribution in [1.29, 1.82) is 0 Å². The highest BCUT2D eigenvalue weighted by atomic mass is 13.9. The van der Waals surface area contributed by atoms with Crippen LogP contribution in [-0.2, 0) is 0 Å². The van der Waals surface area contributed by atoms with E-state index in [9.17, 15) is 0 Å². The highest BCUT2D eigenvalue weighted by molar-refractivity contribution is 6.87. The average molecular weight is 222 g/mol. The number of rotatable bonds is 5. The highest BCUT2D eigenvalue weighted by Gasteiger charge is 2.21. The number of hydrogen-bond donors (Lipinski definition) is 0. The first-order valence-corrected chi connectivity index (χ1v) is 5.90. The lowest BCUT2D eigenvalue weighted by Gasteiger charge is -2.16. The van der Waals surface area contributed by atoms with Crippen molar-refractivity contribution in [2.24, 2.45) is 0 Å². The largest absolute Gasteiger partial charge is 0.240 e. The molecule has 0 atom stereocenters. The standard InChI is InChI=1S/C16H19B/c1-5-14(6-2)17(15(7-3)8-4)16-12-10-9-11-13-16/h5-13H,1,3H2,2,4H3/b14-6+,15-8+. The minimum Gasteiger partial charge on any atom is -0.0996 e. The Morgan fingerprint density at radius 2 is 1.41 bits per heavy atom. The zero-order chi connectivity index (χ0) is 12.7. The van der Waals surface area contributed by atoms with E-state index >= 15 is 0 Å². The topological polar surface area (TPSA) is 0 Å². The second kappa shape index (κ2) is 6.75. The molecule has 0 spiro atoms. The van der Waals surface area contributed by atoms with Gasteiger partial charge in [0.2, 0.25) is 6.71 Å². The molecule has 0 bridgehead atoms. The molecular weight excluding hydrogens is 203 g/mol. The summed E-state index contributed by atoms with van der Waals surface area (Å²) in [5.74, 6) is 0. The normalized spacial score (nSPS) is 12.1. The zero-order valence-corrected chi connectivity index (χ0v) is 10.7. The summed E-state index contributed by atoms with van der Waals surface area (Å²) < 4.78 is 0. The van der Waals surface area contributed by atoms with Crippen molar-refractivity contribution in [3.05, 3.63) is 78.7 Å². The van der Waals surface area contributed by atoms with Crippen LogP contribution in [0, 0.1) is 0 Å². The van der Waals surface area contributed by atoms with Crippen molar-refractivity contribution in [2.75, 3.05) is 0 Å². The molecule has 0 amide bonds. The van der Waals surface area contributed by atoms with Gasteiger partial charge in [-0.25, -0.2) is 0 Å². The van der Waals surface area contributed by atoms with Gasteiger partial charge in [-0.3, -0.25) is 0 Å². The van der Waals surface area contributed by atoms with Gasteiger partial charge in [-0.2, -0.15) is 0 Å². The van der Waals surface area contributed by atoms with Crippen LogP contribution in [0.4, 0.5) is 0 Å². The van der Waals surface area contributed by atoms with E-state index in [1.807, 2.05) is 32.1 Å². The van der Waals surface area contributed by atoms with Crippen molar-refractivity contribution >= 4 is 12.2 Å². The Bertz CT molecular complexity index is 414. The molecule has 0 unspecified atom stereocenters. The molecular formula is C16H19B. The molecule has 0 fully saturated rings. The Labute approximate surface area is 105 Å². The molecule has 0 aliphatic heterocycles. The van der Waals surface area contributed by atoms with E-state index in [4.69, 9.17) is 0 Å². The number of allylic oxidation sites excluding steroid dienone is 6. The second-order valence-electron chi connectivity index (χ2n) is 3.83. The maximum atomic E-state index is 3.90. The Kier molecular flexibility index (Phi) is 5.28. The molecule has 0 saturated carbocycles. The van der Waals surface area contributed by atoms with E-state index in [1.54, 1.807) is 0 Å². The minimum absolute atomic E-state index is 0.237. The molecule has 0 radical (unpaired) electrons. The minimum atomic E-state index is 0.237. The Hall–Kier alpha value is -1.76. The van der Waals surface area contributed by atoms with E-state index in [1.165, 1.54) is 16.4 Å². The summed E-state index contributed by atoms with van der Waals surface area (Å²) >= 11 is 0. The van der Waals surface area contributed by atoms with Gasteiger partial charge < -0.3 is 0 Å². The van der Waals surface area contributed by atoms with Gasteiger partial charge in [0, 0.05) is 0 Å². The smallest absolute Gasteiger partial charge is 0.0996 e. The predicted molar refractivity (Wildman–Crippen MR) is 79.7 cm³/mol. The van der Waals surface area contributed by atoms with Crippen molar-refractivity contribution in [3.8, 4) is 0 Å². The quantitative estimate of drug-likeness (QED) is 0.526. The number of hydrogen-bond acceptors (Lipinski definition) is 0. The van der Waals surface area contributed by atoms with Crippen LogP contribution in [-0.4, -0.2) is 6.71 Å². The molecule has 17 heavy (non-hydrogen) atoms. The van der Waals surface area contributed by atoms with Crippen LogP contribution in [0.3, 0.4) is 0 Å². The molecule has 1 heteroatoms. The molecule has 0 N–H and O–H groups in total. The van der Waals surface area contributed by atoms with Crippen molar-refractivity contribution < 1.29 is 0 Å². The molecule has 1 rings (SSSR count). The van der Waals surface area contributed by atoms with Crippen LogP contribution in [0.1, 0.15) is 13.8 Å². The lowest BCUT2D eigenvalue weighted by Crippen LogP contribution is -2.33. The molecule has 0 aliphatic rings. The molecule has 0 nitrogen and oxygen atoms in total. The van der Waals surface area contributed by atoms with Gasteiger partial charge in [-0.05, 0) is 13.8 Å². The lowest BCUT2D eigenvalue weighted by atomic mass is 9.35. The third-order valence-electron chi connectivity index (χ3n) is 2.94. The Morgan fingerprint density at radius 1 is 0.941 bits per heavy atom. The molecule has 0 heterocycles. The van der Waals surface area contributed by atoms with Crippen molar-refractivity contribution in [1.82, 2.24) is 0 Å². The summed E-state index contributed by atoms with van der Waals surface area (Å²) in [6, 6.07) is 10.5. The Morgan fingerprint density at radius 3 is 1.76 bits per heavy atom. The maximum Gasteiger partial charge on any atom is 0.240 e. The average Bonchev–Trinajstić information content (AvgIpc) is 2.40. The fourth-order valence-corrected chi connectivity index (χ4v) is 2.03. The first kappa shape index (κ1) is 13.3. The van der Waals surface area contributed by atoms with E-state index in [0.717, 1.165) is 0 Å². The second-order valence-corrected chi connectivity index (χ2v) is 3.83. The predicted octanol–water partition coefficient (Wildman–Crippen LogP) is 3.73. The molecule has 86 valence electrons. The van der Waals surface area contributed by atoms with Gasteiger partial charge in [-0.1, -0.05) is 84.2 Å². The summed E-state index contributed by atoms with van der Waals surface area (Å²) in [4.78, 5) is 0. The van der Waals surface area contributed by atoms with Crippen LogP contribution in [0.5, 0.6) is 0 Å². The van der Waals surface area contributed by atoms with Gasteiger partial charge in [0.05, 0.1) is 0 Å². The molecule has 1 aromatic rings. The van der Waals surface area contributed by atoms with Crippen LogP contribution in [0.2, 0.25) is 0 Å². The summed E-state index contributed by atoms with van der Waals surface area (Å²) in [6.45, 7) is 12.1. The van der Waals surface area contributed by atoms with E-state index in [2.05, 4.69) is 49.6 Å². The van der Waals surface area contributed by atoms with Gasteiger partial charge >= 0.3 is 0 Å². The van der Waals surface area contributed by atoms with Gasteiger partial charge in [0.15, 0.2) is 0 Å². The van der Waals surface area contributed by atoms with Crippen molar-refractivity contribution in [2.45, 2.75) is 13.8 Å². The van der Waals surface area contributed by atoms with E-state index < -0.39 is 0 Å². The molecule has 0 aromatic heterocycles. The maximum absolute atomic E-state index is 3.90. The van der Waals surface area contributed by atoms with Gasteiger partial charge in [-0.15, -0.1) is 0 Å². The fraction of sp³-hybridized carbons (Fsp3) is 0.125. The van der Waals surface area contributed by atoms with Crippen LogP contribution >= 0.6 is 0 Å². The summed E-state index contributed by atoms with van der Waals surface area (Å²) in [6.07, 6.45) is 8.06. The summed E-state index contributed by atoms with van der Waals surface area (Å²) in [5.41, 5.74) is 3.70. The van der Waals surface area contributed by atoms with Gasteiger partial charge in [0.1, 0.15) is 0 Å². The third kappa shape index (κ3) is 3.10. The first-order valence-electron chi connectivity index (χ1n) is 5.90. The summed E-state index contributed by atoms with van der Waals surface area (Å²) in [7, 11) is 0. The van der Waals surface area contributed by atoms with Crippen LogP contribution in [0.15, 0.2) is 78.7 Å². The summed E-state index contributed by atoms with van der Waals surface area (Å²) in [5, 5.41) is 0.